The maximum atomic E-state index is 12.3. The Kier molecular flexibility index (Phi) is 8.21. The number of amides is 1. The number of nitrogens with one attached hydrogen (secondary N) is 3. The zero-order valence-corrected chi connectivity index (χ0v) is 22.1. The van der Waals surface area contributed by atoms with Gasteiger partial charge in [-0.1, -0.05) is 28.1 Å². The van der Waals surface area contributed by atoms with Crippen LogP contribution in [0.15, 0.2) is 40.9 Å². The number of carbonyl (C=O) groups excluding carboxylic acids is 1. The monoisotopic (exact) mass is 549 g/mol. The van der Waals surface area contributed by atoms with Gasteiger partial charge in [0, 0.05) is 15.6 Å². The van der Waals surface area contributed by atoms with Gasteiger partial charge in [-0.15, -0.1) is 0 Å². The fourth-order valence-corrected chi connectivity index (χ4v) is 3.92. The molecule has 34 heavy (non-hydrogen) atoms. The number of halogens is 1. The molecule has 0 saturated carbocycles. The minimum absolute atomic E-state index is 0.158. The van der Waals surface area contributed by atoms with E-state index in [2.05, 4.69) is 36.9 Å². The summed E-state index contributed by atoms with van der Waals surface area (Å²) in [7, 11) is 3.15. The number of para-hydroxylation sites is 1. The number of benzene rings is 2. The summed E-state index contributed by atoms with van der Waals surface area (Å²) >= 11 is 9.02. The summed E-state index contributed by atoms with van der Waals surface area (Å²) in [6.45, 7) is 5.87. The quantitative estimate of drug-likeness (QED) is 0.339. The summed E-state index contributed by atoms with van der Waals surface area (Å²) in [6, 6.07) is 11.2. The van der Waals surface area contributed by atoms with Crippen LogP contribution in [0.5, 0.6) is 17.2 Å². The first-order valence-electron chi connectivity index (χ1n) is 10.5. The van der Waals surface area contributed by atoms with Gasteiger partial charge in [0.25, 0.3) is 5.91 Å². The largest absolute Gasteiger partial charge is 0.496 e. The van der Waals surface area contributed by atoms with Crippen LogP contribution in [0.25, 0.3) is 11.4 Å². The van der Waals surface area contributed by atoms with Gasteiger partial charge in [-0.3, -0.25) is 4.79 Å². The average molecular weight is 550 g/mol. The highest BCUT2D eigenvalue weighted by molar-refractivity contribution is 9.10. The summed E-state index contributed by atoms with van der Waals surface area (Å²) in [5.74, 6) is 1.94. The number of hydrogen-bond acceptors (Lipinski definition) is 7. The van der Waals surface area contributed by atoms with Crippen LogP contribution in [0.2, 0.25) is 0 Å². The van der Waals surface area contributed by atoms with E-state index in [9.17, 15) is 4.79 Å². The van der Waals surface area contributed by atoms with Crippen LogP contribution in [0.3, 0.4) is 0 Å². The Morgan fingerprint density at radius 1 is 1.15 bits per heavy atom. The van der Waals surface area contributed by atoms with E-state index in [-0.39, 0.29) is 18.1 Å². The fourth-order valence-electron chi connectivity index (χ4n) is 3.27. The van der Waals surface area contributed by atoms with Crippen molar-refractivity contribution in [1.82, 2.24) is 20.2 Å². The van der Waals surface area contributed by atoms with E-state index in [1.807, 2.05) is 51.1 Å². The lowest BCUT2D eigenvalue weighted by Gasteiger charge is -2.22. The zero-order valence-electron chi connectivity index (χ0n) is 19.7. The first-order chi connectivity index (χ1) is 16.1. The Balaban J connectivity index is 1.89. The van der Waals surface area contributed by atoms with E-state index in [0.717, 1.165) is 15.6 Å². The van der Waals surface area contributed by atoms with Gasteiger partial charge in [-0.25, -0.2) is 9.77 Å². The van der Waals surface area contributed by atoms with Crippen molar-refractivity contribution in [2.24, 2.45) is 0 Å². The Labute approximate surface area is 211 Å². The van der Waals surface area contributed by atoms with Gasteiger partial charge in [0.2, 0.25) is 4.77 Å². The number of carbonyl (C=O) groups is 1. The number of aromatic nitrogens is 3. The molecule has 0 unspecified atom stereocenters. The summed E-state index contributed by atoms with van der Waals surface area (Å²) in [5, 5.41) is 10.1. The predicted molar refractivity (Wildman–Crippen MR) is 137 cm³/mol. The molecular weight excluding hydrogens is 522 g/mol. The van der Waals surface area contributed by atoms with Crippen LogP contribution in [0, 0.1) is 4.77 Å². The second-order valence-electron chi connectivity index (χ2n) is 8.37. The second kappa shape index (κ2) is 10.9. The van der Waals surface area contributed by atoms with E-state index in [1.54, 1.807) is 25.0 Å². The maximum absolute atomic E-state index is 12.3. The third-order valence-corrected chi connectivity index (χ3v) is 5.70. The van der Waals surface area contributed by atoms with Gasteiger partial charge >= 0.3 is 0 Å². The number of hydrogen-bond donors (Lipinski definition) is 3. The molecule has 182 valence electrons. The highest BCUT2D eigenvalue weighted by Gasteiger charge is 2.20. The average Bonchev–Trinajstić information content (AvgIpc) is 3.15. The molecular formula is C23H28BrN5O4S. The minimum Gasteiger partial charge on any atom is -0.496 e. The Hall–Kier alpha value is -3.05. The molecule has 0 saturated heterocycles. The topological polar surface area (TPSA) is 102 Å². The van der Waals surface area contributed by atoms with Crippen LogP contribution >= 0.6 is 28.1 Å². The van der Waals surface area contributed by atoms with Gasteiger partial charge in [0.1, 0.15) is 5.75 Å². The molecule has 1 heterocycles. The highest BCUT2D eigenvalue weighted by atomic mass is 79.9. The SMILES string of the molecule is COc1ccccc1-c1n[nH]c(=S)n1NCc1c(Br)ccc(OC)c1OCC(=O)NC(C)(C)C. The normalized spacial score (nSPS) is 11.1. The van der Waals surface area contributed by atoms with Gasteiger partial charge in [0.15, 0.2) is 23.9 Å². The van der Waals surface area contributed by atoms with Crippen molar-refractivity contribution in [3.63, 3.8) is 0 Å². The summed E-state index contributed by atoms with van der Waals surface area (Å²) in [5.41, 5.74) is 4.44. The molecule has 9 nitrogen and oxygen atoms in total. The van der Waals surface area contributed by atoms with Crippen molar-refractivity contribution in [2.45, 2.75) is 32.9 Å². The van der Waals surface area contributed by atoms with Crippen molar-refractivity contribution in [2.75, 3.05) is 26.3 Å². The zero-order chi connectivity index (χ0) is 24.9. The number of methoxy groups -OCH3 is 2. The number of rotatable bonds is 9. The maximum Gasteiger partial charge on any atom is 0.258 e. The van der Waals surface area contributed by atoms with Crippen molar-refractivity contribution in [3.8, 4) is 28.6 Å². The summed E-state index contributed by atoms with van der Waals surface area (Å²) < 4.78 is 19.7. The Bertz CT molecular complexity index is 1220. The van der Waals surface area contributed by atoms with Crippen molar-refractivity contribution in [1.29, 1.82) is 0 Å². The summed E-state index contributed by atoms with van der Waals surface area (Å²) in [4.78, 5) is 12.3. The van der Waals surface area contributed by atoms with Crippen molar-refractivity contribution < 1.29 is 19.0 Å². The standard InChI is InChI=1S/C23H28BrN5O4S/c1-23(2,3)26-19(30)13-33-20-15(16(24)10-11-18(20)32-5)12-25-29-21(27-28-22(29)34)14-8-6-7-9-17(14)31-4/h6-11,25H,12-13H2,1-5H3,(H,26,30)(H,28,34). The number of ether oxygens (including phenoxy) is 3. The molecule has 2 aromatic carbocycles. The lowest BCUT2D eigenvalue weighted by molar-refractivity contribution is -0.124. The lowest BCUT2D eigenvalue weighted by Crippen LogP contribution is -2.43. The Morgan fingerprint density at radius 2 is 1.85 bits per heavy atom. The summed E-state index contributed by atoms with van der Waals surface area (Å²) in [6.07, 6.45) is 0. The van der Waals surface area contributed by atoms with Gasteiger partial charge in [-0.05, 0) is 57.3 Å². The first-order valence-corrected chi connectivity index (χ1v) is 11.7. The van der Waals surface area contributed by atoms with E-state index in [0.29, 0.717) is 34.4 Å². The molecule has 1 amide bonds. The van der Waals surface area contributed by atoms with E-state index < -0.39 is 0 Å². The number of nitrogens with zero attached hydrogens (tertiary/aromatic N) is 2. The molecule has 1 aromatic heterocycles. The first kappa shape index (κ1) is 25.6. The molecule has 3 N–H and O–H groups in total. The number of aromatic amines is 1. The predicted octanol–water partition coefficient (Wildman–Crippen LogP) is 4.42. The minimum atomic E-state index is -0.362. The molecule has 0 fully saturated rings. The molecule has 3 aromatic rings. The molecule has 0 aliphatic rings. The highest BCUT2D eigenvalue weighted by Crippen LogP contribution is 2.36. The molecule has 0 aliphatic heterocycles. The van der Waals surface area contributed by atoms with Crippen LogP contribution in [0.1, 0.15) is 26.3 Å². The molecule has 0 atom stereocenters. The lowest BCUT2D eigenvalue weighted by atomic mass is 10.1. The third-order valence-electron chi connectivity index (χ3n) is 4.68. The number of H-pyrrole nitrogens is 1. The smallest absolute Gasteiger partial charge is 0.258 e. The molecule has 0 aliphatic carbocycles. The molecule has 11 heteroatoms. The Morgan fingerprint density at radius 3 is 2.53 bits per heavy atom. The van der Waals surface area contributed by atoms with E-state index in [4.69, 9.17) is 26.4 Å². The van der Waals surface area contributed by atoms with Gasteiger partial charge < -0.3 is 25.0 Å². The van der Waals surface area contributed by atoms with Crippen molar-refractivity contribution >= 4 is 34.1 Å². The molecule has 0 spiro atoms. The van der Waals surface area contributed by atoms with E-state index in [1.165, 1.54) is 0 Å². The van der Waals surface area contributed by atoms with Crippen molar-refractivity contribution in [3.05, 3.63) is 51.2 Å². The molecule has 0 radical (unpaired) electrons. The van der Waals surface area contributed by atoms with Crippen LogP contribution in [-0.4, -0.2) is 47.1 Å². The van der Waals surface area contributed by atoms with Gasteiger partial charge in [-0.2, -0.15) is 5.10 Å². The molecule has 0 bridgehead atoms. The van der Waals surface area contributed by atoms with Crippen LogP contribution < -0.4 is 25.0 Å². The fraction of sp³-hybridized carbons (Fsp3) is 0.348. The second-order valence-corrected chi connectivity index (χ2v) is 9.61. The van der Waals surface area contributed by atoms with Gasteiger partial charge in [0.05, 0.1) is 26.3 Å². The third kappa shape index (κ3) is 6.09. The van der Waals surface area contributed by atoms with Crippen LogP contribution in [0.4, 0.5) is 0 Å². The molecule has 3 rings (SSSR count). The van der Waals surface area contributed by atoms with Crippen LogP contribution in [-0.2, 0) is 11.3 Å². The van der Waals surface area contributed by atoms with E-state index >= 15 is 0 Å².